The number of hydrogen-bond donors (Lipinski definition) is 0. The maximum atomic E-state index is 13.0. The highest BCUT2D eigenvalue weighted by Gasteiger charge is 2.48. The van der Waals surface area contributed by atoms with Gasteiger partial charge < -0.3 is 23.8 Å². The third kappa shape index (κ3) is 3.01. The molecular weight excluding hydrogens is 336 g/mol. The number of nitrogens with zero attached hydrogens (tertiary/aromatic N) is 4. The van der Waals surface area contributed by atoms with Gasteiger partial charge in [0.1, 0.15) is 11.4 Å². The van der Waals surface area contributed by atoms with Crippen LogP contribution < -0.4 is 0 Å². The second-order valence-electron chi connectivity index (χ2n) is 7.18. The van der Waals surface area contributed by atoms with Gasteiger partial charge in [0.2, 0.25) is 5.91 Å². The molecule has 3 aliphatic rings. The number of rotatable bonds is 2. The molecule has 0 N–H and O–H groups in total. The van der Waals surface area contributed by atoms with Gasteiger partial charge in [0.25, 0.3) is 5.91 Å². The Bertz CT molecular complexity index is 674. The van der Waals surface area contributed by atoms with Crippen molar-refractivity contribution in [2.75, 3.05) is 39.4 Å². The smallest absolute Gasteiger partial charge is 0.253 e. The summed E-state index contributed by atoms with van der Waals surface area (Å²) in [6, 6.07) is 0. The molecule has 2 amide bonds. The van der Waals surface area contributed by atoms with E-state index in [0.717, 1.165) is 5.82 Å². The minimum absolute atomic E-state index is 0.0269. The molecule has 0 bridgehead atoms. The number of amides is 2. The van der Waals surface area contributed by atoms with Crippen LogP contribution in [0.2, 0.25) is 0 Å². The first-order chi connectivity index (χ1) is 12.6. The van der Waals surface area contributed by atoms with Gasteiger partial charge in [-0.1, -0.05) is 6.92 Å². The Balaban J connectivity index is 1.54. The van der Waals surface area contributed by atoms with Gasteiger partial charge >= 0.3 is 0 Å². The molecule has 8 nitrogen and oxygen atoms in total. The van der Waals surface area contributed by atoms with E-state index in [0.29, 0.717) is 65.2 Å². The number of aromatic nitrogens is 2. The summed E-state index contributed by atoms with van der Waals surface area (Å²) in [6.45, 7) is 6.03. The van der Waals surface area contributed by atoms with E-state index >= 15 is 0 Å². The Kier molecular flexibility index (Phi) is 4.71. The maximum absolute atomic E-state index is 13.0. The lowest BCUT2D eigenvalue weighted by molar-refractivity contribution is -0.184. The summed E-state index contributed by atoms with van der Waals surface area (Å²) in [4.78, 5) is 33.2. The van der Waals surface area contributed by atoms with Crippen LogP contribution in [0.3, 0.4) is 0 Å². The first kappa shape index (κ1) is 17.5. The zero-order valence-corrected chi connectivity index (χ0v) is 15.2. The van der Waals surface area contributed by atoms with Crippen molar-refractivity contribution in [3.05, 3.63) is 18.2 Å². The van der Waals surface area contributed by atoms with Crippen LogP contribution in [0.15, 0.2) is 12.4 Å². The molecule has 4 heterocycles. The standard InChI is InChI=1S/C18H26N4O4/c1-2-15(23)20-6-3-18(4-7-20)17-19-5-8-22(17)13-14(26-18)16(24)21-9-11-25-12-10-21/h5,8,14H,2-4,6-7,9-13H2,1H3/t14-/m1/s1. The zero-order valence-electron chi connectivity index (χ0n) is 15.2. The minimum atomic E-state index is -0.584. The number of fused-ring (bicyclic) bond motifs is 2. The van der Waals surface area contributed by atoms with Crippen molar-refractivity contribution in [2.24, 2.45) is 0 Å². The highest BCUT2D eigenvalue weighted by molar-refractivity contribution is 5.81. The average molecular weight is 362 g/mol. The van der Waals surface area contributed by atoms with Crippen molar-refractivity contribution in [3.8, 4) is 0 Å². The molecule has 2 saturated heterocycles. The largest absolute Gasteiger partial charge is 0.378 e. The Morgan fingerprint density at radius 3 is 2.62 bits per heavy atom. The molecule has 1 aromatic rings. The summed E-state index contributed by atoms with van der Waals surface area (Å²) in [5.74, 6) is 1.08. The number of morpholine rings is 1. The molecule has 142 valence electrons. The van der Waals surface area contributed by atoms with E-state index in [1.165, 1.54) is 0 Å². The van der Waals surface area contributed by atoms with Crippen LogP contribution in [0.1, 0.15) is 32.0 Å². The number of carbonyl (C=O) groups is 2. The van der Waals surface area contributed by atoms with E-state index in [-0.39, 0.29) is 11.8 Å². The Morgan fingerprint density at radius 2 is 1.92 bits per heavy atom. The van der Waals surface area contributed by atoms with E-state index in [1.807, 2.05) is 27.5 Å². The molecule has 3 aliphatic heterocycles. The molecule has 0 unspecified atom stereocenters. The Hall–Kier alpha value is -1.93. The highest BCUT2D eigenvalue weighted by atomic mass is 16.5. The lowest BCUT2D eigenvalue weighted by Gasteiger charge is -2.46. The molecule has 8 heteroatoms. The lowest BCUT2D eigenvalue weighted by atomic mass is 9.88. The summed E-state index contributed by atoms with van der Waals surface area (Å²) in [5.41, 5.74) is -0.584. The molecule has 1 spiro atoms. The number of ether oxygens (including phenoxy) is 2. The van der Waals surface area contributed by atoms with Gasteiger partial charge in [-0.15, -0.1) is 0 Å². The van der Waals surface area contributed by atoms with Crippen LogP contribution in [-0.4, -0.2) is 76.7 Å². The predicted molar refractivity (Wildman–Crippen MR) is 92.3 cm³/mol. The van der Waals surface area contributed by atoms with Crippen LogP contribution in [0.25, 0.3) is 0 Å². The van der Waals surface area contributed by atoms with Gasteiger partial charge in [-0.3, -0.25) is 9.59 Å². The van der Waals surface area contributed by atoms with Crippen LogP contribution in [-0.2, 0) is 31.2 Å². The average Bonchev–Trinajstić information content (AvgIpc) is 3.18. The lowest BCUT2D eigenvalue weighted by Crippen LogP contribution is -2.56. The summed E-state index contributed by atoms with van der Waals surface area (Å²) >= 11 is 0. The number of hydrogen-bond acceptors (Lipinski definition) is 5. The van der Waals surface area contributed by atoms with Crippen molar-refractivity contribution in [2.45, 2.75) is 44.4 Å². The van der Waals surface area contributed by atoms with Crippen molar-refractivity contribution in [1.82, 2.24) is 19.4 Å². The molecule has 1 aromatic heterocycles. The van der Waals surface area contributed by atoms with Gasteiger partial charge in [-0.05, 0) is 0 Å². The third-order valence-electron chi connectivity index (χ3n) is 5.68. The second kappa shape index (κ2) is 7.00. The van der Waals surface area contributed by atoms with Crippen molar-refractivity contribution in [1.29, 1.82) is 0 Å². The molecule has 26 heavy (non-hydrogen) atoms. The summed E-state index contributed by atoms with van der Waals surface area (Å²) in [6.07, 6.45) is 5.03. The highest BCUT2D eigenvalue weighted by Crippen LogP contribution is 2.40. The van der Waals surface area contributed by atoms with Crippen LogP contribution in [0, 0.1) is 0 Å². The molecule has 4 rings (SSSR count). The van der Waals surface area contributed by atoms with Gasteiger partial charge in [-0.25, -0.2) is 4.98 Å². The molecule has 2 fully saturated rings. The van der Waals surface area contributed by atoms with E-state index in [4.69, 9.17) is 9.47 Å². The Morgan fingerprint density at radius 1 is 1.19 bits per heavy atom. The molecule has 0 aliphatic carbocycles. The van der Waals surface area contributed by atoms with Gasteiger partial charge in [0.15, 0.2) is 6.10 Å². The first-order valence-corrected chi connectivity index (χ1v) is 9.47. The molecule has 1 atom stereocenters. The molecular formula is C18H26N4O4. The van der Waals surface area contributed by atoms with Crippen LogP contribution in [0.4, 0.5) is 0 Å². The van der Waals surface area contributed by atoms with E-state index in [1.54, 1.807) is 6.20 Å². The van der Waals surface area contributed by atoms with E-state index in [2.05, 4.69) is 4.98 Å². The second-order valence-corrected chi connectivity index (χ2v) is 7.18. The van der Waals surface area contributed by atoms with Crippen molar-refractivity contribution >= 4 is 11.8 Å². The van der Waals surface area contributed by atoms with Crippen LogP contribution >= 0.6 is 0 Å². The molecule has 0 saturated carbocycles. The predicted octanol–water partition coefficient (Wildman–Crippen LogP) is 0.368. The summed E-state index contributed by atoms with van der Waals surface area (Å²) in [5, 5.41) is 0. The fourth-order valence-electron chi connectivity index (χ4n) is 4.20. The molecule has 0 aromatic carbocycles. The van der Waals surface area contributed by atoms with Gasteiger partial charge in [0, 0.05) is 57.8 Å². The number of piperidine rings is 1. The maximum Gasteiger partial charge on any atom is 0.253 e. The summed E-state index contributed by atoms with van der Waals surface area (Å²) < 4.78 is 13.8. The van der Waals surface area contributed by atoms with Crippen molar-refractivity contribution in [3.63, 3.8) is 0 Å². The fraction of sp³-hybridized carbons (Fsp3) is 0.722. The third-order valence-corrected chi connectivity index (χ3v) is 5.68. The van der Waals surface area contributed by atoms with Crippen molar-refractivity contribution < 1.29 is 19.1 Å². The van der Waals surface area contributed by atoms with Gasteiger partial charge in [-0.2, -0.15) is 0 Å². The molecule has 0 radical (unpaired) electrons. The number of carbonyl (C=O) groups excluding carboxylic acids is 2. The topological polar surface area (TPSA) is 76.9 Å². The van der Waals surface area contributed by atoms with Gasteiger partial charge in [0.05, 0.1) is 19.8 Å². The quantitative estimate of drug-likeness (QED) is 0.760. The summed E-state index contributed by atoms with van der Waals surface area (Å²) in [7, 11) is 0. The normalized spacial score (nSPS) is 25.2. The fourth-order valence-corrected chi connectivity index (χ4v) is 4.20. The minimum Gasteiger partial charge on any atom is -0.378 e. The zero-order chi connectivity index (χ0) is 18.1. The number of imidazole rings is 1. The Labute approximate surface area is 153 Å². The van der Waals surface area contributed by atoms with E-state index < -0.39 is 11.7 Å². The number of likely N-dealkylation sites (tertiary alicyclic amines) is 1. The SMILES string of the molecule is CCC(=O)N1CCC2(CC1)O[C@@H](C(=O)N1CCOCC1)Cn1ccnc12. The van der Waals surface area contributed by atoms with Crippen LogP contribution in [0.5, 0.6) is 0 Å². The first-order valence-electron chi connectivity index (χ1n) is 9.47. The monoisotopic (exact) mass is 362 g/mol. The van der Waals surface area contributed by atoms with E-state index in [9.17, 15) is 9.59 Å².